The molecule has 0 spiro atoms. The minimum absolute atomic E-state index is 0.0961. The van der Waals surface area contributed by atoms with E-state index in [0.29, 0.717) is 16.7 Å². The van der Waals surface area contributed by atoms with Gasteiger partial charge in [0, 0.05) is 0 Å². The minimum Gasteiger partial charge on any atom is -0.393 e. The van der Waals surface area contributed by atoms with Gasteiger partial charge in [-0.25, -0.2) is 0 Å². The van der Waals surface area contributed by atoms with Crippen molar-refractivity contribution < 1.29 is 5.11 Å². The van der Waals surface area contributed by atoms with Crippen LogP contribution in [0.1, 0.15) is 126 Å². The summed E-state index contributed by atoms with van der Waals surface area (Å²) in [5, 5.41) is 11.0. The lowest BCUT2D eigenvalue weighted by Gasteiger charge is -2.62. The Bertz CT molecular complexity index is 691. The van der Waals surface area contributed by atoms with Crippen LogP contribution in [-0.4, -0.2) is 11.2 Å². The van der Waals surface area contributed by atoms with Crippen LogP contribution < -0.4 is 0 Å². The van der Waals surface area contributed by atoms with E-state index in [0.717, 1.165) is 36.5 Å². The number of hydrogen-bond donors (Lipinski definition) is 1. The van der Waals surface area contributed by atoms with E-state index >= 15 is 0 Å². The van der Waals surface area contributed by atoms with Gasteiger partial charge in [0.25, 0.3) is 0 Å². The van der Waals surface area contributed by atoms with Crippen LogP contribution in [0.2, 0.25) is 0 Å². The molecule has 31 heavy (non-hydrogen) atoms. The van der Waals surface area contributed by atoms with Crippen molar-refractivity contribution in [2.75, 3.05) is 0 Å². The van der Waals surface area contributed by atoms with Crippen molar-refractivity contribution >= 4 is 0 Å². The van der Waals surface area contributed by atoms with E-state index < -0.39 is 0 Å². The maximum absolute atomic E-state index is 11.0. The number of fused-ring (bicyclic) bond motifs is 4. The summed E-state index contributed by atoms with van der Waals surface area (Å²) in [6.45, 7) is 17.3. The van der Waals surface area contributed by atoms with Crippen molar-refractivity contribution in [1.29, 1.82) is 0 Å². The fourth-order valence-corrected chi connectivity index (χ4v) is 9.63. The number of aliphatic hydroxyl groups excluding tert-OH is 1. The smallest absolute Gasteiger partial charge is 0.0596 e. The highest BCUT2D eigenvalue weighted by Crippen LogP contribution is 2.68. The van der Waals surface area contributed by atoms with Gasteiger partial charge in [-0.3, -0.25) is 0 Å². The van der Waals surface area contributed by atoms with Crippen molar-refractivity contribution in [3.8, 4) is 0 Å². The van der Waals surface area contributed by atoms with Crippen LogP contribution in [0.3, 0.4) is 0 Å². The molecule has 178 valence electrons. The van der Waals surface area contributed by atoms with Crippen LogP contribution in [0.25, 0.3) is 0 Å². The van der Waals surface area contributed by atoms with Crippen LogP contribution in [0.5, 0.6) is 0 Å². The van der Waals surface area contributed by atoms with E-state index in [-0.39, 0.29) is 11.5 Å². The maximum atomic E-state index is 11.0. The molecule has 1 heteroatoms. The normalized spacial score (nSPS) is 46.0. The summed E-state index contributed by atoms with van der Waals surface area (Å²) in [6.07, 6.45) is 15.8. The van der Waals surface area contributed by atoms with E-state index in [1.54, 1.807) is 0 Å². The molecular formula is C30H52O. The second-order valence-electron chi connectivity index (χ2n) is 13.5. The maximum Gasteiger partial charge on any atom is 0.0596 e. The zero-order valence-corrected chi connectivity index (χ0v) is 21.9. The molecule has 1 nitrogen and oxygen atoms in total. The third-order valence-corrected chi connectivity index (χ3v) is 11.7. The molecule has 0 saturated heterocycles. The van der Waals surface area contributed by atoms with Crippen LogP contribution in [0.15, 0.2) is 11.1 Å². The largest absolute Gasteiger partial charge is 0.393 e. The molecule has 4 aliphatic rings. The van der Waals surface area contributed by atoms with Crippen molar-refractivity contribution in [2.24, 2.45) is 45.8 Å². The third kappa shape index (κ3) is 3.68. The molecule has 0 aromatic rings. The lowest BCUT2D eigenvalue weighted by atomic mass is 9.43. The Morgan fingerprint density at radius 3 is 2.35 bits per heavy atom. The molecule has 4 rings (SSSR count). The zero-order chi connectivity index (χ0) is 22.6. The number of aliphatic hydroxyl groups is 1. The van der Waals surface area contributed by atoms with Gasteiger partial charge in [0.1, 0.15) is 0 Å². The first-order chi connectivity index (χ1) is 14.6. The Labute approximate surface area is 193 Å². The second-order valence-corrected chi connectivity index (χ2v) is 13.5. The first kappa shape index (κ1) is 23.8. The van der Waals surface area contributed by atoms with Gasteiger partial charge in [-0.1, -0.05) is 78.9 Å². The molecule has 8 atom stereocenters. The minimum atomic E-state index is -0.0961. The highest BCUT2D eigenvalue weighted by atomic mass is 16.3. The molecule has 1 N–H and O–H groups in total. The van der Waals surface area contributed by atoms with Crippen LogP contribution in [-0.2, 0) is 0 Å². The van der Waals surface area contributed by atoms with E-state index in [1.165, 1.54) is 64.2 Å². The molecule has 0 aliphatic heterocycles. The topological polar surface area (TPSA) is 20.2 Å². The summed E-state index contributed by atoms with van der Waals surface area (Å²) >= 11 is 0. The molecule has 0 aromatic heterocycles. The molecule has 3 fully saturated rings. The number of rotatable bonds is 6. The van der Waals surface area contributed by atoms with Gasteiger partial charge in [0.2, 0.25) is 0 Å². The van der Waals surface area contributed by atoms with Crippen molar-refractivity contribution in [2.45, 2.75) is 132 Å². The van der Waals surface area contributed by atoms with Gasteiger partial charge in [-0.15, -0.1) is 0 Å². The van der Waals surface area contributed by atoms with Crippen LogP contribution in [0.4, 0.5) is 0 Å². The summed E-state index contributed by atoms with van der Waals surface area (Å²) in [4.78, 5) is 0. The fraction of sp³-hybridized carbons (Fsp3) is 0.933. The highest BCUT2D eigenvalue weighted by molar-refractivity contribution is 5.35. The molecule has 0 heterocycles. The summed E-state index contributed by atoms with van der Waals surface area (Å²) in [5.41, 5.74) is 4.85. The third-order valence-electron chi connectivity index (χ3n) is 11.7. The van der Waals surface area contributed by atoms with E-state index in [4.69, 9.17) is 0 Å². The van der Waals surface area contributed by atoms with Crippen molar-refractivity contribution in [3.63, 3.8) is 0 Å². The van der Waals surface area contributed by atoms with E-state index in [2.05, 4.69) is 48.5 Å². The zero-order valence-electron chi connectivity index (χ0n) is 21.9. The summed E-state index contributed by atoms with van der Waals surface area (Å²) in [6, 6.07) is 0. The van der Waals surface area contributed by atoms with Crippen LogP contribution in [0, 0.1) is 45.8 Å². The van der Waals surface area contributed by atoms with Gasteiger partial charge >= 0.3 is 0 Å². The standard InChI is InChI=1S/C30H52O/c1-8-28(5)26-15-12-22-24-14-13-23(21(4)11-9-10-20(2)3)29(24,6)18-16-25(22)30(26,7)19-17-27(28)31/h20-21,23,25-27,31H,8-19H2,1-7H3/t21-,23-,25+,26?,27?,28-,29-,30-/m1/s1. The van der Waals surface area contributed by atoms with Gasteiger partial charge in [-0.05, 0) is 104 Å². The molecule has 0 aromatic carbocycles. The Kier molecular flexibility index (Phi) is 6.53. The summed E-state index contributed by atoms with van der Waals surface area (Å²) in [7, 11) is 0. The van der Waals surface area contributed by atoms with E-state index in [1.807, 2.05) is 11.1 Å². The Morgan fingerprint density at radius 2 is 1.68 bits per heavy atom. The predicted molar refractivity (Wildman–Crippen MR) is 133 cm³/mol. The van der Waals surface area contributed by atoms with Gasteiger partial charge in [0.15, 0.2) is 0 Å². The monoisotopic (exact) mass is 428 g/mol. The van der Waals surface area contributed by atoms with Crippen molar-refractivity contribution in [1.82, 2.24) is 0 Å². The molecule has 0 bridgehead atoms. The number of hydrogen-bond acceptors (Lipinski definition) is 1. The first-order valence-electron chi connectivity index (χ1n) is 14.0. The predicted octanol–water partition coefficient (Wildman–Crippen LogP) is 8.56. The first-order valence-corrected chi connectivity index (χ1v) is 14.0. The summed E-state index contributed by atoms with van der Waals surface area (Å²) in [5.74, 6) is 4.11. The summed E-state index contributed by atoms with van der Waals surface area (Å²) < 4.78 is 0. The molecular weight excluding hydrogens is 376 g/mol. The Balaban J connectivity index is 1.58. The quantitative estimate of drug-likeness (QED) is 0.420. The Morgan fingerprint density at radius 1 is 0.935 bits per heavy atom. The average Bonchev–Trinajstić information content (AvgIpc) is 3.08. The van der Waals surface area contributed by atoms with Crippen LogP contribution >= 0.6 is 0 Å². The average molecular weight is 429 g/mol. The molecule has 2 unspecified atom stereocenters. The Hall–Kier alpha value is -0.300. The SMILES string of the molecule is CC[C@@]1(C)C(O)CC[C@@]2(C)C1CCC1=C3CC[C@H]([C@H](C)CCCC(C)C)[C@@]3(C)CC[C@@H]12. The van der Waals surface area contributed by atoms with Gasteiger partial charge in [-0.2, -0.15) is 0 Å². The molecule has 4 aliphatic carbocycles. The lowest BCUT2D eigenvalue weighted by molar-refractivity contribution is -0.139. The molecule has 0 radical (unpaired) electrons. The van der Waals surface area contributed by atoms with E-state index in [9.17, 15) is 5.11 Å². The van der Waals surface area contributed by atoms with Gasteiger partial charge < -0.3 is 5.11 Å². The molecule has 3 saturated carbocycles. The lowest BCUT2D eigenvalue weighted by Crippen LogP contribution is -2.56. The fourth-order valence-electron chi connectivity index (χ4n) is 9.63. The second kappa shape index (κ2) is 8.48. The highest BCUT2D eigenvalue weighted by Gasteiger charge is 2.60. The van der Waals surface area contributed by atoms with Gasteiger partial charge in [0.05, 0.1) is 6.10 Å². The molecule has 0 amide bonds. The van der Waals surface area contributed by atoms with Crippen molar-refractivity contribution in [3.05, 3.63) is 11.1 Å². The number of allylic oxidation sites excluding steroid dienone is 2.